The molecule has 1 heterocycles. The summed E-state index contributed by atoms with van der Waals surface area (Å²) >= 11 is 0.913. The third kappa shape index (κ3) is 4.79. The Morgan fingerprint density at radius 1 is 1.10 bits per heavy atom. The number of nitrogens with zero attached hydrogens (tertiary/aromatic N) is 2. The molecule has 0 aliphatic carbocycles. The van der Waals surface area contributed by atoms with Crippen LogP contribution in [-0.2, 0) is 4.79 Å². The molecule has 1 N–H and O–H groups in total. The van der Waals surface area contributed by atoms with Crippen molar-refractivity contribution in [1.29, 1.82) is 0 Å². The topological polar surface area (TPSA) is 52.7 Å². The van der Waals surface area contributed by atoms with Gasteiger partial charge in [-0.3, -0.25) is 14.5 Å². The van der Waals surface area contributed by atoms with Gasteiger partial charge >= 0.3 is 0 Å². The number of thioether (sulfide) groups is 1. The molecule has 1 aliphatic heterocycles. The number of carbonyl (C=O) groups excluding carboxylic acids is 2. The molecule has 0 spiro atoms. The van der Waals surface area contributed by atoms with E-state index in [1.165, 1.54) is 12.1 Å². The largest absolute Gasteiger partial charge is 0.372 e. The highest BCUT2D eigenvalue weighted by atomic mass is 32.2. The summed E-state index contributed by atoms with van der Waals surface area (Å²) in [5.74, 6) is -0.727. The monoisotopic (exact) mass is 413 g/mol. The number of hydrogen-bond donors (Lipinski definition) is 1. The van der Waals surface area contributed by atoms with Crippen LogP contribution in [0.5, 0.6) is 0 Å². The fourth-order valence-electron chi connectivity index (χ4n) is 3.11. The van der Waals surface area contributed by atoms with E-state index in [9.17, 15) is 14.0 Å². The van der Waals surface area contributed by atoms with Crippen LogP contribution in [0.2, 0.25) is 0 Å². The van der Waals surface area contributed by atoms with Gasteiger partial charge in [-0.05, 0) is 74.0 Å². The van der Waals surface area contributed by atoms with E-state index in [-0.39, 0.29) is 23.6 Å². The van der Waals surface area contributed by atoms with Crippen LogP contribution in [0, 0.1) is 12.7 Å². The Balaban J connectivity index is 1.70. The zero-order valence-corrected chi connectivity index (χ0v) is 17.6. The smallest absolute Gasteiger partial charge is 0.295 e. The van der Waals surface area contributed by atoms with Crippen molar-refractivity contribution in [2.45, 2.75) is 20.8 Å². The molecule has 0 saturated carbocycles. The first-order chi connectivity index (χ1) is 13.9. The second-order valence-corrected chi connectivity index (χ2v) is 7.66. The number of carbonyl (C=O) groups is 2. The third-order valence-corrected chi connectivity index (χ3v) is 5.73. The van der Waals surface area contributed by atoms with E-state index in [0.717, 1.165) is 46.6 Å². The molecular weight excluding hydrogens is 389 g/mol. The Hall–Kier alpha value is -2.80. The quantitative estimate of drug-likeness (QED) is 0.641. The van der Waals surface area contributed by atoms with Gasteiger partial charge < -0.3 is 10.2 Å². The van der Waals surface area contributed by atoms with Gasteiger partial charge in [0.15, 0.2) is 0 Å². The van der Waals surface area contributed by atoms with Crippen LogP contribution in [0.15, 0.2) is 47.4 Å². The van der Waals surface area contributed by atoms with Gasteiger partial charge in [0, 0.05) is 24.5 Å². The van der Waals surface area contributed by atoms with Gasteiger partial charge in [-0.2, -0.15) is 0 Å². The zero-order chi connectivity index (χ0) is 21.0. The number of anilines is 2. The van der Waals surface area contributed by atoms with Crippen molar-refractivity contribution >= 4 is 40.4 Å². The van der Waals surface area contributed by atoms with Crippen LogP contribution in [0.25, 0.3) is 6.08 Å². The van der Waals surface area contributed by atoms with Gasteiger partial charge in [0.1, 0.15) is 5.82 Å². The van der Waals surface area contributed by atoms with E-state index in [0.29, 0.717) is 10.6 Å². The van der Waals surface area contributed by atoms with Gasteiger partial charge in [0.05, 0.1) is 11.6 Å². The second-order valence-electron chi connectivity index (χ2n) is 6.67. The minimum atomic E-state index is -0.375. The van der Waals surface area contributed by atoms with Crippen LogP contribution in [-0.4, -0.2) is 35.8 Å². The van der Waals surface area contributed by atoms with E-state index < -0.39 is 0 Å². The lowest BCUT2D eigenvalue weighted by atomic mass is 10.1. The Morgan fingerprint density at radius 2 is 1.79 bits per heavy atom. The van der Waals surface area contributed by atoms with Gasteiger partial charge in [-0.15, -0.1) is 0 Å². The molecule has 2 aromatic rings. The molecule has 1 aliphatic rings. The van der Waals surface area contributed by atoms with Crippen molar-refractivity contribution in [3.8, 4) is 0 Å². The number of nitrogens with one attached hydrogen (secondary N) is 1. The summed E-state index contributed by atoms with van der Waals surface area (Å²) in [6.45, 7) is 7.88. The van der Waals surface area contributed by atoms with Crippen molar-refractivity contribution in [3.63, 3.8) is 0 Å². The molecule has 2 amide bonds. The molecule has 3 rings (SSSR count). The maximum atomic E-state index is 13.4. The normalized spacial score (nSPS) is 15.3. The Morgan fingerprint density at radius 3 is 2.45 bits per heavy atom. The lowest BCUT2D eigenvalue weighted by molar-refractivity contribution is -0.122. The fraction of sp³-hybridized carbons (Fsp3) is 0.273. The summed E-state index contributed by atoms with van der Waals surface area (Å²) in [5.41, 5.74) is 3.37. The molecule has 7 heteroatoms. The first-order valence-electron chi connectivity index (χ1n) is 9.53. The Kier molecular flexibility index (Phi) is 6.59. The van der Waals surface area contributed by atoms with E-state index in [4.69, 9.17) is 0 Å². The summed E-state index contributed by atoms with van der Waals surface area (Å²) in [4.78, 5) is 28.7. The summed E-state index contributed by atoms with van der Waals surface area (Å²) in [7, 11) is 0. The minimum absolute atomic E-state index is 0.00675. The zero-order valence-electron chi connectivity index (χ0n) is 16.7. The molecule has 0 aromatic heterocycles. The van der Waals surface area contributed by atoms with Gasteiger partial charge in [-0.25, -0.2) is 4.39 Å². The van der Waals surface area contributed by atoms with E-state index in [2.05, 4.69) is 24.1 Å². The summed E-state index contributed by atoms with van der Waals surface area (Å²) in [5, 5.41) is 2.63. The molecule has 5 nitrogen and oxygen atoms in total. The Bertz CT molecular complexity index is 940. The predicted molar refractivity (Wildman–Crippen MR) is 117 cm³/mol. The van der Waals surface area contributed by atoms with Crippen LogP contribution in [0.1, 0.15) is 25.0 Å². The SMILES string of the molecule is CCN(CC)c1ccc(/C=C2\SC(=O)N(CNc3cc(F)ccc3C)C2=O)cc1. The number of aryl methyl sites for hydroxylation is 1. The summed E-state index contributed by atoms with van der Waals surface area (Å²) < 4.78 is 13.4. The number of amides is 2. The average molecular weight is 414 g/mol. The lowest BCUT2D eigenvalue weighted by Crippen LogP contribution is -2.33. The second kappa shape index (κ2) is 9.13. The summed E-state index contributed by atoms with van der Waals surface area (Å²) in [6.07, 6.45) is 1.73. The molecule has 29 heavy (non-hydrogen) atoms. The number of hydrogen-bond acceptors (Lipinski definition) is 5. The maximum Gasteiger partial charge on any atom is 0.295 e. The average Bonchev–Trinajstić information content (AvgIpc) is 2.97. The molecule has 1 fully saturated rings. The molecular formula is C22H24FN3O2S. The fourth-order valence-corrected chi connectivity index (χ4v) is 3.94. The van der Waals surface area contributed by atoms with E-state index in [1.807, 2.05) is 31.2 Å². The van der Waals surface area contributed by atoms with Gasteiger partial charge in [0.25, 0.3) is 11.1 Å². The third-order valence-electron chi connectivity index (χ3n) is 4.82. The van der Waals surface area contributed by atoms with E-state index >= 15 is 0 Å². The molecule has 2 aromatic carbocycles. The molecule has 0 atom stereocenters. The van der Waals surface area contributed by atoms with Crippen molar-refractivity contribution in [3.05, 3.63) is 64.3 Å². The highest BCUT2D eigenvalue weighted by Gasteiger charge is 2.34. The molecule has 0 unspecified atom stereocenters. The van der Waals surface area contributed by atoms with Crippen molar-refractivity contribution in [2.24, 2.45) is 0 Å². The Labute approximate surface area is 174 Å². The van der Waals surface area contributed by atoms with E-state index in [1.54, 1.807) is 12.1 Å². The van der Waals surface area contributed by atoms with Gasteiger partial charge in [0.2, 0.25) is 0 Å². The molecule has 152 valence electrons. The van der Waals surface area contributed by atoms with Crippen molar-refractivity contribution in [1.82, 2.24) is 4.90 Å². The number of imide groups is 1. The summed E-state index contributed by atoms with van der Waals surface area (Å²) in [6, 6.07) is 12.3. The standard InChI is InChI=1S/C22H24FN3O2S/c1-4-25(5-2)18-10-7-16(8-11-18)12-20-21(27)26(22(28)29-20)14-24-19-13-17(23)9-6-15(19)3/h6-13,24H,4-5,14H2,1-3H3/b20-12-. The highest BCUT2D eigenvalue weighted by Crippen LogP contribution is 2.32. The number of rotatable bonds is 7. The van der Waals surface area contributed by atoms with Crippen LogP contribution in [0.3, 0.4) is 0 Å². The molecule has 0 bridgehead atoms. The van der Waals surface area contributed by atoms with Crippen LogP contribution >= 0.6 is 11.8 Å². The molecule has 0 radical (unpaired) electrons. The van der Waals surface area contributed by atoms with Crippen LogP contribution in [0.4, 0.5) is 20.6 Å². The lowest BCUT2D eigenvalue weighted by Gasteiger charge is -2.20. The molecule has 1 saturated heterocycles. The number of halogens is 1. The first-order valence-corrected chi connectivity index (χ1v) is 10.3. The van der Waals surface area contributed by atoms with Crippen molar-refractivity contribution in [2.75, 3.05) is 30.0 Å². The predicted octanol–water partition coefficient (Wildman–Crippen LogP) is 5.09. The number of benzene rings is 2. The highest BCUT2D eigenvalue weighted by molar-refractivity contribution is 8.18. The van der Waals surface area contributed by atoms with Crippen LogP contribution < -0.4 is 10.2 Å². The van der Waals surface area contributed by atoms with Gasteiger partial charge in [-0.1, -0.05) is 18.2 Å². The minimum Gasteiger partial charge on any atom is -0.372 e. The first kappa shape index (κ1) is 20.9. The van der Waals surface area contributed by atoms with Crippen molar-refractivity contribution < 1.29 is 14.0 Å². The maximum absolute atomic E-state index is 13.4.